The molecule has 0 bridgehead atoms. The van der Waals surface area contributed by atoms with Crippen LogP contribution in [-0.4, -0.2) is 19.9 Å². The quantitative estimate of drug-likeness (QED) is 0.570. The number of nitrogens with two attached hydrogens (primary N) is 2. The Morgan fingerprint density at radius 2 is 2.05 bits per heavy atom. The molecule has 1 aliphatic carbocycles. The van der Waals surface area contributed by atoms with Crippen molar-refractivity contribution in [3.05, 3.63) is 27.8 Å². The van der Waals surface area contributed by atoms with Gasteiger partial charge in [0.25, 0.3) is 5.56 Å². The van der Waals surface area contributed by atoms with Crippen LogP contribution in [0.15, 0.2) is 21.0 Å². The van der Waals surface area contributed by atoms with E-state index in [0.29, 0.717) is 21.9 Å². The van der Waals surface area contributed by atoms with E-state index in [0.717, 1.165) is 24.2 Å². The summed E-state index contributed by atoms with van der Waals surface area (Å²) in [5.74, 6) is 1.82. The smallest absolute Gasteiger partial charge is 0.253 e. The van der Waals surface area contributed by atoms with Crippen molar-refractivity contribution in [3.8, 4) is 0 Å². The number of nitrogens with one attached hydrogen (secondary N) is 1. The maximum absolute atomic E-state index is 11.4. The van der Waals surface area contributed by atoms with Crippen molar-refractivity contribution >= 4 is 23.4 Å². The molecule has 0 aliphatic heterocycles. The normalized spacial score (nSPS) is 14.4. The number of hydrogen-bond acceptors (Lipinski definition) is 7. The Morgan fingerprint density at radius 3 is 2.70 bits per heavy atom. The van der Waals surface area contributed by atoms with Gasteiger partial charge in [0.2, 0.25) is 0 Å². The van der Waals surface area contributed by atoms with Gasteiger partial charge in [0.05, 0.1) is 0 Å². The van der Waals surface area contributed by atoms with E-state index < -0.39 is 0 Å². The molecule has 1 saturated carbocycles. The fraction of sp³-hybridized carbons (Fsp3) is 0.333. The zero-order chi connectivity index (χ0) is 14.3. The SMILES string of the molecule is Cc1c(N)nc(C2CC2)nc1Sc1nc(N)cc(=O)[nH]1. The Morgan fingerprint density at radius 1 is 1.30 bits per heavy atom. The van der Waals surface area contributed by atoms with E-state index in [-0.39, 0.29) is 11.4 Å². The van der Waals surface area contributed by atoms with E-state index in [9.17, 15) is 4.79 Å². The van der Waals surface area contributed by atoms with Crippen LogP contribution in [0.5, 0.6) is 0 Å². The van der Waals surface area contributed by atoms with Crippen molar-refractivity contribution in [2.45, 2.75) is 35.9 Å². The van der Waals surface area contributed by atoms with Crippen molar-refractivity contribution in [1.82, 2.24) is 19.9 Å². The lowest BCUT2D eigenvalue weighted by Gasteiger charge is -2.08. The molecule has 20 heavy (non-hydrogen) atoms. The number of nitrogens with zero attached hydrogens (tertiary/aromatic N) is 3. The molecule has 0 unspecified atom stereocenters. The van der Waals surface area contributed by atoms with Crippen LogP contribution in [0, 0.1) is 6.92 Å². The standard InChI is InChI=1S/C12H14N6OS/c1-5-9(14)17-10(6-2-3-6)18-11(5)20-12-15-7(13)4-8(19)16-12/h4,6H,2-3H2,1H3,(H2,14,17,18)(H3,13,15,16,19). The predicted octanol–water partition coefficient (Wildman–Crippen LogP) is 1.06. The number of anilines is 2. The third-order valence-corrected chi connectivity index (χ3v) is 4.01. The number of aromatic amines is 1. The number of rotatable bonds is 3. The fourth-order valence-corrected chi connectivity index (χ4v) is 2.63. The van der Waals surface area contributed by atoms with E-state index in [1.165, 1.54) is 17.8 Å². The van der Waals surface area contributed by atoms with Crippen molar-refractivity contribution in [1.29, 1.82) is 0 Å². The lowest BCUT2D eigenvalue weighted by molar-refractivity contribution is 0.862. The summed E-state index contributed by atoms with van der Waals surface area (Å²) in [4.78, 5) is 26.9. The van der Waals surface area contributed by atoms with Gasteiger partial charge in [-0.1, -0.05) is 0 Å². The molecule has 0 spiro atoms. The van der Waals surface area contributed by atoms with Gasteiger partial charge < -0.3 is 16.5 Å². The van der Waals surface area contributed by atoms with Crippen LogP contribution in [0.3, 0.4) is 0 Å². The zero-order valence-electron chi connectivity index (χ0n) is 10.9. The summed E-state index contributed by atoms with van der Waals surface area (Å²) in [6, 6.07) is 1.24. The molecule has 1 aliphatic rings. The van der Waals surface area contributed by atoms with Crippen molar-refractivity contribution in [3.63, 3.8) is 0 Å². The summed E-state index contributed by atoms with van der Waals surface area (Å²) >= 11 is 1.24. The highest BCUT2D eigenvalue weighted by Gasteiger charge is 2.28. The number of nitrogen functional groups attached to an aromatic ring is 2. The van der Waals surface area contributed by atoms with Crippen LogP contribution < -0.4 is 17.0 Å². The minimum absolute atomic E-state index is 0.179. The minimum Gasteiger partial charge on any atom is -0.383 e. The molecule has 2 aromatic rings. The van der Waals surface area contributed by atoms with Crippen LogP contribution in [0.1, 0.15) is 30.1 Å². The van der Waals surface area contributed by atoms with E-state index >= 15 is 0 Å². The van der Waals surface area contributed by atoms with Gasteiger partial charge >= 0.3 is 0 Å². The van der Waals surface area contributed by atoms with Gasteiger partial charge in [0.1, 0.15) is 22.5 Å². The third-order valence-electron chi connectivity index (χ3n) is 3.03. The molecule has 8 heteroatoms. The van der Waals surface area contributed by atoms with Crippen molar-refractivity contribution < 1.29 is 0 Å². The molecule has 104 valence electrons. The van der Waals surface area contributed by atoms with Crippen molar-refractivity contribution in [2.75, 3.05) is 11.5 Å². The number of H-pyrrole nitrogens is 1. The van der Waals surface area contributed by atoms with Crippen LogP contribution in [0.4, 0.5) is 11.6 Å². The van der Waals surface area contributed by atoms with Crippen LogP contribution >= 0.6 is 11.8 Å². The maximum atomic E-state index is 11.4. The minimum atomic E-state index is -0.290. The molecule has 1 fully saturated rings. The molecular weight excluding hydrogens is 276 g/mol. The topological polar surface area (TPSA) is 124 Å². The first-order valence-corrected chi connectivity index (χ1v) is 7.03. The van der Waals surface area contributed by atoms with Crippen LogP contribution in [0.2, 0.25) is 0 Å². The molecule has 0 amide bonds. The second-order valence-corrected chi connectivity index (χ2v) is 5.73. The molecule has 5 N–H and O–H groups in total. The second kappa shape index (κ2) is 4.78. The van der Waals surface area contributed by atoms with Gasteiger partial charge in [-0.15, -0.1) is 0 Å². The van der Waals surface area contributed by atoms with Crippen LogP contribution in [-0.2, 0) is 0 Å². The van der Waals surface area contributed by atoms with Gasteiger partial charge in [-0.05, 0) is 31.5 Å². The Balaban J connectivity index is 1.98. The van der Waals surface area contributed by atoms with E-state index in [4.69, 9.17) is 11.5 Å². The van der Waals surface area contributed by atoms with Gasteiger partial charge in [-0.3, -0.25) is 4.79 Å². The highest BCUT2D eigenvalue weighted by Crippen LogP contribution is 2.40. The number of aromatic nitrogens is 4. The molecule has 0 aromatic carbocycles. The van der Waals surface area contributed by atoms with E-state index in [2.05, 4.69) is 19.9 Å². The lowest BCUT2D eigenvalue weighted by atomic mass is 10.3. The van der Waals surface area contributed by atoms with Gasteiger partial charge in [-0.2, -0.15) is 0 Å². The molecule has 3 rings (SSSR count). The average molecular weight is 290 g/mol. The first-order chi connectivity index (χ1) is 9.52. The summed E-state index contributed by atoms with van der Waals surface area (Å²) in [5.41, 5.74) is 12.0. The van der Waals surface area contributed by atoms with Gasteiger partial charge in [0, 0.05) is 17.5 Å². The van der Waals surface area contributed by atoms with Gasteiger partial charge in [0.15, 0.2) is 5.16 Å². The fourth-order valence-electron chi connectivity index (χ4n) is 1.75. The first-order valence-electron chi connectivity index (χ1n) is 6.21. The van der Waals surface area contributed by atoms with Crippen LogP contribution in [0.25, 0.3) is 0 Å². The summed E-state index contributed by atoms with van der Waals surface area (Å²) < 4.78 is 0. The molecule has 0 atom stereocenters. The zero-order valence-corrected chi connectivity index (χ0v) is 11.7. The summed E-state index contributed by atoms with van der Waals surface area (Å²) in [7, 11) is 0. The summed E-state index contributed by atoms with van der Waals surface area (Å²) in [6.07, 6.45) is 2.19. The Bertz CT molecular complexity index is 724. The molecule has 7 nitrogen and oxygen atoms in total. The monoisotopic (exact) mass is 290 g/mol. The average Bonchev–Trinajstić information content (AvgIpc) is 3.17. The Labute approximate surface area is 119 Å². The van der Waals surface area contributed by atoms with E-state index in [1.54, 1.807) is 0 Å². The molecular formula is C12H14N6OS. The largest absolute Gasteiger partial charge is 0.383 e. The highest BCUT2D eigenvalue weighted by atomic mass is 32.2. The predicted molar refractivity (Wildman–Crippen MR) is 76.5 cm³/mol. The Hall–Kier alpha value is -2.09. The first kappa shape index (κ1) is 12.9. The maximum Gasteiger partial charge on any atom is 0.253 e. The van der Waals surface area contributed by atoms with Crippen molar-refractivity contribution in [2.24, 2.45) is 0 Å². The summed E-state index contributed by atoms with van der Waals surface area (Å²) in [6.45, 7) is 1.85. The molecule has 2 heterocycles. The van der Waals surface area contributed by atoms with Gasteiger partial charge in [-0.25, -0.2) is 15.0 Å². The summed E-state index contributed by atoms with van der Waals surface area (Å²) in [5, 5.41) is 1.10. The Kier molecular flexibility index (Phi) is 3.09. The second-order valence-electron chi connectivity index (χ2n) is 4.75. The molecule has 2 aromatic heterocycles. The molecule has 0 saturated heterocycles. The molecule has 0 radical (unpaired) electrons. The lowest BCUT2D eigenvalue weighted by Crippen LogP contribution is -2.10. The number of hydrogen-bond donors (Lipinski definition) is 3. The highest BCUT2D eigenvalue weighted by molar-refractivity contribution is 7.99. The van der Waals surface area contributed by atoms with E-state index in [1.807, 2.05) is 6.92 Å². The third kappa shape index (κ3) is 2.60.